The van der Waals surface area contributed by atoms with Crippen LogP contribution >= 0.6 is 0 Å². The van der Waals surface area contributed by atoms with Gasteiger partial charge in [-0.2, -0.15) is 18.3 Å². The van der Waals surface area contributed by atoms with Crippen molar-refractivity contribution < 1.29 is 17.6 Å². The fourth-order valence-corrected chi connectivity index (χ4v) is 1.50. The highest BCUT2D eigenvalue weighted by Gasteiger charge is 2.34. The fourth-order valence-electron chi connectivity index (χ4n) is 1.50. The fraction of sp³-hybridized carbons (Fsp3) is 0.182. The van der Waals surface area contributed by atoms with E-state index in [9.17, 15) is 17.6 Å². The van der Waals surface area contributed by atoms with Gasteiger partial charge in [0.1, 0.15) is 5.82 Å². The number of nitrogens with zero attached hydrogens (tertiary/aromatic N) is 2. The minimum atomic E-state index is -4.48. The maximum atomic E-state index is 12.7. The van der Waals surface area contributed by atoms with E-state index in [0.29, 0.717) is 5.56 Å². The summed E-state index contributed by atoms with van der Waals surface area (Å²) in [5.41, 5.74) is -0.187. The van der Waals surface area contributed by atoms with Gasteiger partial charge < -0.3 is 0 Å². The van der Waals surface area contributed by atoms with Crippen molar-refractivity contribution in [2.45, 2.75) is 6.18 Å². The van der Waals surface area contributed by atoms with E-state index in [2.05, 4.69) is 5.10 Å². The Labute approximate surface area is 94.5 Å². The highest BCUT2D eigenvalue weighted by atomic mass is 19.4. The van der Waals surface area contributed by atoms with E-state index in [-0.39, 0.29) is 5.69 Å². The van der Waals surface area contributed by atoms with Gasteiger partial charge in [0.25, 0.3) is 0 Å². The van der Waals surface area contributed by atoms with E-state index >= 15 is 0 Å². The Morgan fingerprint density at radius 2 is 1.71 bits per heavy atom. The molecule has 0 aliphatic rings. The van der Waals surface area contributed by atoms with Crippen molar-refractivity contribution >= 4 is 0 Å². The predicted octanol–water partition coefficient (Wildman–Crippen LogP) is 3.25. The van der Waals surface area contributed by atoms with Gasteiger partial charge in [0.15, 0.2) is 5.69 Å². The summed E-state index contributed by atoms with van der Waals surface area (Å²) in [6, 6.07) is 6.14. The van der Waals surface area contributed by atoms with Crippen LogP contribution in [0.2, 0.25) is 0 Å². The van der Waals surface area contributed by atoms with E-state index in [0.717, 1.165) is 10.7 Å². The minimum Gasteiger partial charge on any atom is -0.267 e. The van der Waals surface area contributed by atoms with Gasteiger partial charge in [0, 0.05) is 7.05 Å². The maximum absolute atomic E-state index is 12.7. The Morgan fingerprint density at radius 3 is 2.18 bits per heavy atom. The summed E-state index contributed by atoms with van der Waals surface area (Å²) in [6.07, 6.45) is -4.48. The van der Waals surface area contributed by atoms with E-state index in [1.165, 1.54) is 31.3 Å². The van der Waals surface area contributed by atoms with Crippen LogP contribution < -0.4 is 0 Å². The monoisotopic (exact) mass is 244 g/mol. The van der Waals surface area contributed by atoms with Gasteiger partial charge in [-0.05, 0) is 35.9 Å². The van der Waals surface area contributed by atoms with Crippen molar-refractivity contribution in [1.29, 1.82) is 0 Å². The molecule has 0 spiro atoms. The molecule has 1 aromatic heterocycles. The van der Waals surface area contributed by atoms with Crippen molar-refractivity contribution in [3.63, 3.8) is 0 Å². The Bertz CT molecular complexity index is 525. The Kier molecular flexibility index (Phi) is 2.65. The van der Waals surface area contributed by atoms with E-state index in [4.69, 9.17) is 0 Å². The summed E-state index contributed by atoms with van der Waals surface area (Å²) < 4.78 is 51.1. The number of hydrogen-bond acceptors (Lipinski definition) is 1. The second kappa shape index (κ2) is 3.87. The van der Waals surface area contributed by atoms with Crippen LogP contribution in [-0.2, 0) is 13.2 Å². The van der Waals surface area contributed by atoms with Crippen LogP contribution in [0.25, 0.3) is 11.3 Å². The largest absolute Gasteiger partial charge is 0.435 e. The number of aromatic nitrogens is 2. The summed E-state index contributed by atoms with van der Waals surface area (Å²) >= 11 is 0. The van der Waals surface area contributed by atoms with Gasteiger partial charge in [-0.15, -0.1) is 0 Å². The van der Waals surface area contributed by atoms with Crippen LogP contribution in [0, 0.1) is 5.82 Å². The van der Waals surface area contributed by atoms with Gasteiger partial charge in [-0.3, -0.25) is 4.68 Å². The van der Waals surface area contributed by atoms with E-state index in [1.807, 2.05) is 0 Å². The first kappa shape index (κ1) is 11.6. The maximum Gasteiger partial charge on any atom is 0.435 e. The topological polar surface area (TPSA) is 17.8 Å². The molecule has 2 rings (SSSR count). The third kappa shape index (κ3) is 2.30. The lowest BCUT2D eigenvalue weighted by Gasteiger charge is -2.00. The SMILES string of the molecule is Cn1nc(C(F)(F)F)cc1-c1ccc(F)cc1. The summed E-state index contributed by atoms with van der Waals surface area (Å²) in [5, 5.41) is 3.38. The number of benzene rings is 1. The summed E-state index contributed by atoms with van der Waals surface area (Å²) in [7, 11) is 1.41. The Morgan fingerprint density at radius 1 is 1.12 bits per heavy atom. The molecule has 0 radical (unpaired) electrons. The normalized spacial score (nSPS) is 11.8. The number of hydrogen-bond donors (Lipinski definition) is 0. The van der Waals surface area contributed by atoms with Crippen molar-refractivity contribution in [3.8, 4) is 11.3 Å². The van der Waals surface area contributed by atoms with Gasteiger partial charge >= 0.3 is 6.18 Å². The molecule has 17 heavy (non-hydrogen) atoms. The molecule has 0 unspecified atom stereocenters. The number of halogens is 4. The van der Waals surface area contributed by atoms with Gasteiger partial charge in [0.2, 0.25) is 0 Å². The third-order valence-corrected chi connectivity index (χ3v) is 2.31. The summed E-state index contributed by atoms with van der Waals surface area (Å²) in [5.74, 6) is -0.438. The average Bonchev–Trinajstić information content (AvgIpc) is 2.61. The first-order chi connectivity index (χ1) is 7.88. The molecule has 0 N–H and O–H groups in total. The molecule has 90 valence electrons. The van der Waals surface area contributed by atoms with Crippen LogP contribution in [0.3, 0.4) is 0 Å². The quantitative estimate of drug-likeness (QED) is 0.704. The van der Waals surface area contributed by atoms with Crippen LogP contribution in [0.5, 0.6) is 0 Å². The van der Waals surface area contributed by atoms with Crippen molar-refractivity contribution in [2.24, 2.45) is 7.05 Å². The van der Waals surface area contributed by atoms with E-state index in [1.54, 1.807) is 0 Å². The number of aryl methyl sites for hydroxylation is 1. The average molecular weight is 244 g/mol. The van der Waals surface area contributed by atoms with Crippen molar-refractivity contribution in [1.82, 2.24) is 9.78 Å². The molecule has 1 aromatic carbocycles. The zero-order valence-electron chi connectivity index (χ0n) is 8.79. The van der Waals surface area contributed by atoms with Crippen LogP contribution in [0.15, 0.2) is 30.3 Å². The third-order valence-electron chi connectivity index (χ3n) is 2.31. The Balaban J connectivity index is 2.46. The lowest BCUT2D eigenvalue weighted by atomic mass is 10.1. The molecule has 0 saturated heterocycles. The highest BCUT2D eigenvalue weighted by Crippen LogP contribution is 2.31. The van der Waals surface area contributed by atoms with Crippen LogP contribution in [0.4, 0.5) is 17.6 Å². The zero-order valence-corrected chi connectivity index (χ0v) is 8.79. The molecule has 0 bridgehead atoms. The zero-order chi connectivity index (χ0) is 12.6. The minimum absolute atomic E-state index is 0.289. The standard InChI is InChI=1S/C11H8F4N2/c1-17-9(6-10(16-17)11(13,14)15)7-2-4-8(12)5-3-7/h2-6H,1H3. The molecular weight excluding hydrogens is 236 g/mol. The summed E-state index contributed by atoms with van der Waals surface area (Å²) in [6.45, 7) is 0. The molecule has 0 amide bonds. The highest BCUT2D eigenvalue weighted by molar-refractivity contribution is 5.60. The molecule has 1 heterocycles. The molecule has 2 aromatic rings. The second-order valence-corrected chi connectivity index (χ2v) is 3.54. The molecule has 0 saturated carbocycles. The van der Waals surface area contributed by atoms with Crippen molar-refractivity contribution in [2.75, 3.05) is 0 Å². The lowest BCUT2D eigenvalue weighted by molar-refractivity contribution is -0.141. The molecule has 2 nitrogen and oxygen atoms in total. The second-order valence-electron chi connectivity index (χ2n) is 3.54. The molecule has 6 heteroatoms. The lowest BCUT2D eigenvalue weighted by Crippen LogP contribution is -2.06. The smallest absolute Gasteiger partial charge is 0.267 e. The first-order valence-electron chi connectivity index (χ1n) is 4.75. The van der Waals surface area contributed by atoms with Gasteiger partial charge in [0.05, 0.1) is 5.69 Å². The summed E-state index contributed by atoms with van der Waals surface area (Å²) in [4.78, 5) is 0. The first-order valence-corrected chi connectivity index (χ1v) is 4.75. The van der Waals surface area contributed by atoms with Crippen molar-refractivity contribution in [3.05, 3.63) is 41.8 Å². The molecule has 0 aliphatic heterocycles. The molecule has 0 fully saturated rings. The van der Waals surface area contributed by atoms with Crippen LogP contribution in [0.1, 0.15) is 5.69 Å². The predicted molar refractivity (Wildman–Crippen MR) is 53.6 cm³/mol. The molecule has 0 atom stereocenters. The number of rotatable bonds is 1. The van der Waals surface area contributed by atoms with Crippen LogP contribution in [-0.4, -0.2) is 9.78 Å². The molecule has 0 aliphatic carbocycles. The number of alkyl halides is 3. The van der Waals surface area contributed by atoms with Gasteiger partial charge in [-0.25, -0.2) is 4.39 Å². The Hall–Kier alpha value is -1.85. The van der Waals surface area contributed by atoms with Gasteiger partial charge in [-0.1, -0.05) is 0 Å². The van der Waals surface area contributed by atoms with E-state index < -0.39 is 17.7 Å². The molecular formula is C11H8F4N2.